The van der Waals surface area contributed by atoms with Crippen LogP contribution < -0.4 is 0 Å². The summed E-state index contributed by atoms with van der Waals surface area (Å²) < 4.78 is -1.09. The Bertz CT molecular complexity index is 452. The lowest BCUT2D eigenvalue weighted by Crippen LogP contribution is -2.19. The molecule has 0 amide bonds. The summed E-state index contributed by atoms with van der Waals surface area (Å²) in [5.74, 6) is -0.216. The summed E-state index contributed by atoms with van der Waals surface area (Å²) in [5.41, 5.74) is 0. The molecular formula is C12H12Br4N4. The largest absolute Gasteiger partial charge is 0.198 e. The molecule has 0 N–H and O–H groups in total. The summed E-state index contributed by atoms with van der Waals surface area (Å²) >= 11 is 12.9. The van der Waals surface area contributed by atoms with Gasteiger partial charge in [-0.2, -0.15) is 21.0 Å². The molecule has 2 atom stereocenters. The van der Waals surface area contributed by atoms with Crippen LogP contribution >= 0.6 is 63.7 Å². The molecule has 0 saturated heterocycles. The standard InChI is InChI=1S/2C6H6Br2N2/c1-5(4-10)6(7,8)2-3-9;7-4-6(8,5-10)2-1-3-9/h5H,2H2,1H3;1-2,4H2. The Labute approximate surface area is 153 Å². The molecule has 0 aromatic heterocycles. The molecule has 0 aliphatic heterocycles. The number of hydrogen-bond donors (Lipinski definition) is 0. The summed E-state index contributed by atoms with van der Waals surface area (Å²) in [6, 6.07) is 8.10. The van der Waals surface area contributed by atoms with E-state index < -0.39 is 7.56 Å². The molecule has 0 radical (unpaired) electrons. The van der Waals surface area contributed by atoms with E-state index >= 15 is 0 Å². The van der Waals surface area contributed by atoms with Crippen molar-refractivity contribution in [3.8, 4) is 24.3 Å². The minimum atomic E-state index is -0.553. The van der Waals surface area contributed by atoms with Crippen LogP contribution in [0.4, 0.5) is 0 Å². The molecule has 2 unspecified atom stereocenters. The first-order valence-corrected chi connectivity index (χ1v) is 8.90. The number of hydrogen-bond acceptors (Lipinski definition) is 4. The van der Waals surface area contributed by atoms with E-state index in [4.69, 9.17) is 21.0 Å². The SMILES string of the molecule is CC(C#N)C(Br)(Br)CC#N.N#CCCC(Br)(C#N)CBr. The van der Waals surface area contributed by atoms with Gasteiger partial charge in [-0.05, 0) is 13.3 Å². The monoisotopic (exact) mass is 528 g/mol. The van der Waals surface area contributed by atoms with Gasteiger partial charge < -0.3 is 0 Å². The molecule has 0 rings (SSSR count). The second-order valence-corrected chi connectivity index (χ2v) is 9.79. The molecule has 0 bridgehead atoms. The van der Waals surface area contributed by atoms with Crippen molar-refractivity contribution >= 4 is 63.7 Å². The first kappa shape index (κ1) is 22.2. The number of halogens is 4. The zero-order valence-corrected chi connectivity index (χ0v) is 17.1. The number of rotatable bonds is 5. The summed E-state index contributed by atoms with van der Waals surface area (Å²) in [4.78, 5) is 0. The van der Waals surface area contributed by atoms with Crippen LogP contribution in [0.25, 0.3) is 0 Å². The van der Waals surface area contributed by atoms with Crippen LogP contribution in [-0.4, -0.2) is 12.9 Å². The average molecular weight is 532 g/mol. The van der Waals surface area contributed by atoms with E-state index in [0.717, 1.165) is 0 Å². The summed E-state index contributed by atoms with van der Waals surface area (Å²) in [5, 5.41) is 34.2. The Balaban J connectivity index is 0. The maximum Gasteiger partial charge on any atom is 0.123 e. The maximum atomic E-state index is 8.58. The highest BCUT2D eigenvalue weighted by Crippen LogP contribution is 2.37. The zero-order chi connectivity index (χ0) is 16.2. The van der Waals surface area contributed by atoms with Crippen LogP contribution in [0.2, 0.25) is 0 Å². The van der Waals surface area contributed by atoms with Crippen molar-refractivity contribution in [1.29, 1.82) is 21.0 Å². The molecule has 0 aromatic carbocycles. The minimum absolute atomic E-state index is 0.216. The van der Waals surface area contributed by atoms with Gasteiger partial charge in [0.05, 0.1) is 36.6 Å². The van der Waals surface area contributed by atoms with Gasteiger partial charge in [0.1, 0.15) is 7.56 Å². The van der Waals surface area contributed by atoms with Gasteiger partial charge in [0.2, 0.25) is 0 Å². The van der Waals surface area contributed by atoms with E-state index in [-0.39, 0.29) is 12.3 Å². The lowest BCUT2D eigenvalue weighted by atomic mass is 10.1. The normalized spacial score (nSPS) is 14.1. The Morgan fingerprint density at radius 3 is 1.90 bits per heavy atom. The second kappa shape index (κ2) is 11.5. The summed E-state index contributed by atoms with van der Waals surface area (Å²) in [7, 11) is 0. The van der Waals surface area contributed by atoms with Gasteiger partial charge in [-0.1, -0.05) is 63.7 Å². The van der Waals surface area contributed by atoms with Gasteiger partial charge in [0.25, 0.3) is 0 Å². The number of nitriles is 4. The molecule has 108 valence electrons. The molecule has 4 nitrogen and oxygen atoms in total. The Morgan fingerprint density at radius 2 is 1.60 bits per heavy atom. The second-order valence-electron chi connectivity index (χ2n) is 3.82. The quantitative estimate of drug-likeness (QED) is 0.472. The van der Waals surface area contributed by atoms with Crippen LogP contribution in [0.15, 0.2) is 0 Å². The molecule has 20 heavy (non-hydrogen) atoms. The van der Waals surface area contributed by atoms with Crippen molar-refractivity contribution in [2.24, 2.45) is 5.92 Å². The predicted molar refractivity (Wildman–Crippen MR) is 91.5 cm³/mol. The highest BCUT2D eigenvalue weighted by atomic mass is 79.9. The highest BCUT2D eigenvalue weighted by molar-refractivity contribution is 9.25. The fourth-order valence-electron chi connectivity index (χ4n) is 0.760. The third-order valence-electron chi connectivity index (χ3n) is 2.19. The molecule has 0 aliphatic carbocycles. The van der Waals surface area contributed by atoms with Crippen molar-refractivity contribution < 1.29 is 0 Å². The van der Waals surface area contributed by atoms with Gasteiger partial charge in [-0.15, -0.1) is 0 Å². The third-order valence-corrected chi connectivity index (χ3v) is 6.69. The van der Waals surface area contributed by atoms with E-state index in [1.54, 1.807) is 6.92 Å². The minimum Gasteiger partial charge on any atom is -0.198 e. The molecule has 0 fully saturated rings. The lowest BCUT2D eigenvalue weighted by molar-refractivity contribution is 0.671. The van der Waals surface area contributed by atoms with Crippen LogP contribution in [0.3, 0.4) is 0 Å². The predicted octanol–water partition coefficient (Wildman–Crippen LogP) is 4.89. The maximum absolute atomic E-state index is 8.58. The van der Waals surface area contributed by atoms with E-state index in [1.165, 1.54) is 0 Å². The fraction of sp³-hybridized carbons (Fsp3) is 0.667. The Morgan fingerprint density at radius 1 is 1.05 bits per heavy atom. The van der Waals surface area contributed by atoms with Gasteiger partial charge >= 0.3 is 0 Å². The van der Waals surface area contributed by atoms with Crippen molar-refractivity contribution in [1.82, 2.24) is 0 Å². The molecule has 0 saturated carbocycles. The van der Waals surface area contributed by atoms with Crippen molar-refractivity contribution in [3.05, 3.63) is 0 Å². The molecule has 0 aromatic rings. The number of nitrogens with zero attached hydrogens (tertiary/aromatic N) is 4. The first-order valence-electron chi connectivity index (χ1n) is 5.40. The number of alkyl halides is 4. The molecule has 0 heterocycles. The van der Waals surface area contributed by atoms with E-state index in [0.29, 0.717) is 18.2 Å². The average Bonchev–Trinajstić information content (AvgIpc) is 2.44. The van der Waals surface area contributed by atoms with E-state index in [2.05, 4.69) is 69.8 Å². The Kier molecular flexibility index (Phi) is 12.8. The molecule has 8 heteroatoms. The van der Waals surface area contributed by atoms with E-state index in [9.17, 15) is 0 Å². The van der Waals surface area contributed by atoms with Gasteiger partial charge in [-0.3, -0.25) is 0 Å². The van der Waals surface area contributed by atoms with Crippen molar-refractivity contribution in [2.75, 3.05) is 5.33 Å². The summed E-state index contributed by atoms with van der Waals surface area (Å²) in [6.45, 7) is 1.75. The zero-order valence-electron chi connectivity index (χ0n) is 10.7. The Hall–Kier alpha value is -0.120. The van der Waals surface area contributed by atoms with E-state index in [1.807, 2.05) is 18.2 Å². The third kappa shape index (κ3) is 9.73. The summed E-state index contributed by atoms with van der Waals surface area (Å²) in [6.07, 6.45) is 1.25. The fourth-order valence-corrected chi connectivity index (χ4v) is 1.82. The van der Waals surface area contributed by atoms with Gasteiger partial charge in [0, 0.05) is 11.8 Å². The van der Waals surface area contributed by atoms with Crippen LogP contribution in [0.1, 0.15) is 26.2 Å². The topological polar surface area (TPSA) is 95.2 Å². The van der Waals surface area contributed by atoms with Crippen molar-refractivity contribution in [3.63, 3.8) is 0 Å². The smallest absolute Gasteiger partial charge is 0.123 e. The molecule has 0 aliphatic rings. The lowest BCUT2D eigenvalue weighted by Gasteiger charge is -2.18. The van der Waals surface area contributed by atoms with Crippen LogP contribution in [-0.2, 0) is 0 Å². The van der Waals surface area contributed by atoms with Crippen LogP contribution in [0, 0.1) is 51.2 Å². The molecular weight excluding hydrogens is 520 g/mol. The molecule has 0 spiro atoms. The van der Waals surface area contributed by atoms with Crippen molar-refractivity contribution in [2.45, 2.75) is 33.7 Å². The van der Waals surface area contributed by atoms with Gasteiger partial charge in [-0.25, -0.2) is 0 Å². The van der Waals surface area contributed by atoms with Gasteiger partial charge in [0.15, 0.2) is 0 Å². The van der Waals surface area contributed by atoms with Crippen LogP contribution in [0.5, 0.6) is 0 Å². The first-order chi connectivity index (χ1) is 9.22. The highest BCUT2D eigenvalue weighted by Gasteiger charge is 2.29.